The van der Waals surface area contributed by atoms with E-state index in [1.54, 1.807) is 0 Å². The van der Waals surface area contributed by atoms with Crippen LogP contribution < -0.4 is 0 Å². The second-order valence-electron chi connectivity index (χ2n) is 17.1. The molecule has 6 heteroatoms. The van der Waals surface area contributed by atoms with E-state index in [0.717, 1.165) is 70.6 Å². The molecule has 0 amide bonds. The number of unbranched alkanes of at least 4 members (excludes halogenated alkanes) is 30. The molecule has 1 unspecified atom stereocenters. The minimum Gasteiger partial charge on any atom is -0.462 e. The minimum absolute atomic E-state index is 0.0803. The van der Waals surface area contributed by atoms with Crippen molar-refractivity contribution in [3.05, 3.63) is 36.5 Å². The molecule has 0 aromatic rings. The highest BCUT2D eigenvalue weighted by molar-refractivity contribution is 5.71. The van der Waals surface area contributed by atoms with E-state index in [1.165, 1.54) is 154 Å². The zero-order valence-corrected chi connectivity index (χ0v) is 39.3. The molecule has 0 aliphatic rings. The minimum atomic E-state index is -0.779. The van der Waals surface area contributed by atoms with Crippen LogP contribution in [0.4, 0.5) is 0 Å². The molecule has 0 aromatic heterocycles. The van der Waals surface area contributed by atoms with Crippen molar-refractivity contribution in [1.82, 2.24) is 0 Å². The summed E-state index contributed by atoms with van der Waals surface area (Å²) in [6.07, 6.45) is 55.6. The zero-order valence-electron chi connectivity index (χ0n) is 39.3. The quantitative estimate of drug-likeness (QED) is 0.0200. The topological polar surface area (TPSA) is 78.9 Å². The number of carbonyl (C=O) groups is 3. The number of esters is 3. The Balaban J connectivity index is 4.35. The van der Waals surface area contributed by atoms with Crippen molar-refractivity contribution in [2.24, 2.45) is 0 Å². The van der Waals surface area contributed by atoms with E-state index < -0.39 is 6.10 Å². The Morgan fingerprint density at radius 1 is 0.339 bits per heavy atom. The van der Waals surface area contributed by atoms with Crippen molar-refractivity contribution in [2.45, 2.75) is 271 Å². The molecule has 0 spiro atoms. The first kappa shape index (κ1) is 56.6. The van der Waals surface area contributed by atoms with Gasteiger partial charge in [0.15, 0.2) is 6.10 Å². The third-order valence-electron chi connectivity index (χ3n) is 11.1. The average molecular weight is 829 g/mol. The first-order chi connectivity index (χ1) is 29.0. The molecule has 0 saturated heterocycles. The summed E-state index contributed by atoms with van der Waals surface area (Å²) in [5, 5.41) is 0. The third-order valence-corrected chi connectivity index (χ3v) is 11.1. The SMILES string of the molecule is CCCC/C=C\C=C/CCCCCC(=O)OCC(COC(=O)CCCCCCCCC/C=C\CCCCCCCC)OC(=O)CCCCCCCCCCCCCCC. The second kappa shape index (κ2) is 48.3. The highest BCUT2D eigenvalue weighted by Gasteiger charge is 2.19. The van der Waals surface area contributed by atoms with Crippen molar-refractivity contribution < 1.29 is 28.6 Å². The number of hydrogen-bond acceptors (Lipinski definition) is 6. The van der Waals surface area contributed by atoms with E-state index in [2.05, 4.69) is 57.2 Å². The lowest BCUT2D eigenvalue weighted by molar-refractivity contribution is -0.167. The Kier molecular flexibility index (Phi) is 46.4. The highest BCUT2D eigenvalue weighted by Crippen LogP contribution is 2.15. The molecular formula is C53H96O6. The highest BCUT2D eigenvalue weighted by atomic mass is 16.6. The van der Waals surface area contributed by atoms with Crippen LogP contribution in [0.1, 0.15) is 265 Å². The normalized spacial score (nSPS) is 12.3. The van der Waals surface area contributed by atoms with Gasteiger partial charge in [0.25, 0.3) is 0 Å². The Morgan fingerprint density at radius 3 is 1.02 bits per heavy atom. The van der Waals surface area contributed by atoms with Crippen LogP contribution in [0, 0.1) is 0 Å². The van der Waals surface area contributed by atoms with Crippen LogP contribution in [0.5, 0.6) is 0 Å². The summed E-state index contributed by atoms with van der Waals surface area (Å²) in [7, 11) is 0. The van der Waals surface area contributed by atoms with Crippen LogP contribution in [0.2, 0.25) is 0 Å². The monoisotopic (exact) mass is 829 g/mol. The molecule has 0 aromatic carbocycles. The summed E-state index contributed by atoms with van der Waals surface area (Å²) in [6.45, 7) is 6.57. The number of ether oxygens (including phenoxy) is 3. The Morgan fingerprint density at radius 2 is 0.627 bits per heavy atom. The van der Waals surface area contributed by atoms with Gasteiger partial charge >= 0.3 is 17.9 Å². The zero-order chi connectivity index (χ0) is 43.0. The lowest BCUT2D eigenvalue weighted by Gasteiger charge is -2.18. The van der Waals surface area contributed by atoms with Crippen LogP contribution in [0.15, 0.2) is 36.5 Å². The molecule has 0 saturated carbocycles. The van der Waals surface area contributed by atoms with Gasteiger partial charge in [0, 0.05) is 19.3 Å². The molecule has 0 bridgehead atoms. The largest absolute Gasteiger partial charge is 0.462 e. The van der Waals surface area contributed by atoms with Gasteiger partial charge in [0.05, 0.1) is 0 Å². The summed E-state index contributed by atoms with van der Waals surface area (Å²) in [4.78, 5) is 37.9. The van der Waals surface area contributed by atoms with Gasteiger partial charge < -0.3 is 14.2 Å². The average Bonchev–Trinajstić information content (AvgIpc) is 3.23. The fraction of sp³-hybridized carbons (Fsp3) is 0.830. The first-order valence-corrected chi connectivity index (χ1v) is 25.5. The lowest BCUT2D eigenvalue weighted by Crippen LogP contribution is -2.30. The van der Waals surface area contributed by atoms with E-state index in [4.69, 9.17) is 14.2 Å². The fourth-order valence-electron chi connectivity index (χ4n) is 7.24. The molecule has 344 valence electrons. The van der Waals surface area contributed by atoms with Crippen LogP contribution in [0.25, 0.3) is 0 Å². The lowest BCUT2D eigenvalue weighted by atomic mass is 10.0. The summed E-state index contributed by atoms with van der Waals surface area (Å²) in [5.74, 6) is -0.905. The van der Waals surface area contributed by atoms with Gasteiger partial charge in [-0.3, -0.25) is 14.4 Å². The molecule has 0 aliphatic heterocycles. The molecule has 6 nitrogen and oxygen atoms in total. The molecule has 0 rings (SSSR count). The molecule has 59 heavy (non-hydrogen) atoms. The molecule has 0 heterocycles. The number of allylic oxidation sites excluding steroid dienone is 6. The summed E-state index contributed by atoms with van der Waals surface area (Å²) >= 11 is 0. The van der Waals surface area contributed by atoms with Gasteiger partial charge in [0.1, 0.15) is 13.2 Å². The van der Waals surface area contributed by atoms with Crippen molar-refractivity contribution in [3.8, 4) is 0 Å². The molecule has 0 fully saturated rings. The van der Waals surface area contributed by atoms with Crippen molar-refractivity contribution in [2.75, 3.05) is 13.2 Å². The van der Waals surface area contributed by atoms with Crippen molar-refractivity contribution in [1.29, 1.82) is 0 Å². The maximum atomic E-state index is 12.8. The van der Waals surface area contributed by atoms with Crippen LogP contribution in [0.3, 0.4) is 0 Å². The van der Waals surface area contributed by atoms with Gasteiger partial charge in [-0.1, -0.05) is 218 Å². The standard InChI is InChI=1S/C53H96O6/c1-4-7-10-13-16-19-22-24-25-26-27-29-31-34-37-40-43-46-52(55)58-49-50(48-57-51(54)45-42-39-36-33-30-21-18-15-12-9-6-3)59-53(56)47-44-41-38-35-32-28-23-20-17-14-11-8-5-2/h15,18,21,24-25,30,50H,4-14,16-17,19-20,22-23,26-29,31-49H2,1-3H3/b18-15-,25-24-,30-21-. The maximum absolute atomic E-state index is 12.8. The molecule has 0 N–H and O–H groups in total. The molecule has 0 radical (unpaired) electrons. The number of hydrogen-bond donors (Lipinski definition) is 0. The van der Waals surface area contributed by atoms with E-state index in [9.17, 15) is 14.4 Å². The third kappa shape index (κ3) is 46.5. The van der Waals surface area contributed by atoms with Gasteiger partial charge in [-0.15, -0.1) is 0 Å². The van der Waals surface area contributed by atoms with Crippen LogP contribution in [-0.2, 0) is 28.6 Å². The smallest absolute Gasteiger partial charge is 0.306 e. The first-order valence-electron chi connectivity index (χ1n) is 25.5. The Hall–Kier alpha value is -2.37. The van der Waals surface area contributed by atoms with Gasteiger partial charge in [-0.25, -0.2) is 0 Å². The van der Waals surface area contributed by atoms with E-state index in [0.29, 0.717) is 19.3 Å². The van der Waals surface area contributed by atoms with Crippen LogP contribution >= 0.6 is 0 Å². The van der Waals surface area contributed by atoms with E-state index >= 15 is 0 Å². The van der Waals surface area contributed by atoms with E-state index in [-0.39, 0.29) is 31.1 Å². The van der Waals surface area contributed by atoms with Gasteiger partial charge in [0.2, 0.25) is 0 Å². The molecular weight excluding hydrogens is 733 g/mol. The van der Waals surface area contributed by atoms with Crippen molar-refractivity contribution in [3.63, 3.8) is 0 Å². The summed E-state index contributed by atoms with van der Waals surface area (Å²) < 4.78 is 16.7. The predicted octanol–water partition coefficient (Wildman–Crippen LogP) is 16.5. The van der Waals surface area contributed by atoms with E-state index in [1.807, 2.05) is 0 Å². The van der Waals surface area contributed by atoms with Crippen molar-refractivity contribution >= 4 is 17.9 Å². The second-order valence-corrected chi connectivity index (χ2v) is 17.1. The fourth-order valence-corrected chi connectivity index (χ4v) is 7.24. The van der Waals surface area contributed by atoms with Crippen LogP contribution in [-0.4, -0.2) is 37.2 Å². The molecule has 1 atom stereocenters. The summed E-state index contributed by atoms with van der Waals surface area (Å²) in [6, 6.07) is 0. The van der Waals surface area contributed by atoms with Gasteiger partial charge in [-0.05, 0) is 64.2 Å². The number of carbonyl (C=O) groups excluding carboxylic acids is 3. The number of rotatable bonds is 46. The Labute approximate surface area is 365 Å². The Bertz CT molecular complexity index is 1000. The van der Waals surface area contributed by atoms with Gasteiger partial charge in [-0.2, -0.15) is 0 Å². The molecule has 0 aliphatic carbocycles. The summed E-state index contributed by atoms with van der Waals surface area (Å²) in [5.41, 5.74) is 0. The predicted molar refractivity (Wildman–Crippen MR) is 252 cm³/mol. The maximum Gasteiger partial charge on any atom is 0.306 e.